The van der Waals surface area contributed by atoms with Crippen LogP contribution in [0, 0.1) is 0 Å². The molecule has 0 spiro atoms. The van der Waals surface area contributed by atoms with Gasteiger partial charge in [0.1, 0.15) is 6.10 Å². The van der Waals surface area contributed by atoms with Gasteiger partial charge >= 0.3 is 0 Å². The van der Waals surface area contributed by atoms with Crippen LogP contribution in [0.1, 0.15) is 27.2 Å². The highest BCUT2D eigenvalue weighted by atomic mass is 16.7. The quantitative estimate of drug-likeness (QED) is 0.582. The van der Waals surface area contributed by atoms with Gasteiger partial charge in [0.25, 0.3) is 0 Å². The topological polar surface area (TPSA) is 38.7 Å². The minimum atomic E-state index is -0.361. The van der Waals surface area contributed by atoms with Crippen molar-refractivity contribution < 1.29 is 14.6 Å². The zero-order valence-corrected chi connectivity index (χ0v) is 8.49. The Morgan fingerprint density at radius 2 is 2.08 bits per heavy atom. The van der Waals surface area contributed by atoms with Gasteiger partial charge in [-0.2, -0.15) is 0 Å². The van der Waals surface area contributed by atoms with Gasteiger partial charge in [0.05, 0.1) is 6.10 Å². The maximum atomic E-state index is 7.57. The predicted molar refractivity (Wildman–Crippen MR) is 50.3 cm³/mol. The molecule has 2 unspecified atom stereocenters. The maximum absolute atomic E-state index is 7.57. The van der Waals surface area contributed by atoms with Gasteiger partial charge in [0.2, 0.25) is 0 Å². The molecule has 3 nitrogen and oxygen atoms in total. The van der Waals surface area contributed by atoms with E-state index < -0.39 is 0 Å². The minimum absolute atomic E-state index is 0.218. The first-order chi connectivity index (χ1) is 6.09. The average molecular weight is 186 g/mol. The van der Waals surface area contributed by atoms with Crippen molar-refractivity contribution >= 4 is 0 Å². The maximum Gasteiger partial charge on any atom is 0.164 e. The lowest BCUT2D eigenvalue weighted by Crippen LogP contribution is -2.21. The van der Waals surface area contributed by atoms with E-state index >= 15 is 0 Å². The van der Waals surface area contributed by atoms with Crippen LogP contribution in [0.5, 0.6) is 0 Å². The lowest BCUT2D eigenvalue weighted by Gasteiger charge is -2.16. The van der Waals surface area contributed by atoms with Crippen LogP contribution in [0.25, 0.3) is 0 Å². The smallest absolute Gasteiger partial charge is 0.164 e. The van der Waals surface area contributed by atoms with Gasteiger partial charge in [-0.1, -0.05) is 12.2 Å². The SMILES string of the molecule is CC1(C)OC2C=CCC2O1.CCO. The number of aliphatic hydroxyl groups is 1. The summed E-state index contributed by atoms with van der Waals surface area (Å²) >= 11 is 0. The number of rotatable bonds is 0. The third-order valence-electron chi connectivity index (χ3n) is 1.92. The van der Waals surface area contributed by atoms with Crippen molar-refractivity contribution in [2.45, 2.75) is 45.2 Å². The molecule has 2 atom stereocenters. The Morgan fingerprint density at radius 3 is 2.62 bits per heavy atom. The molecule has 1 fully saturated rings. The normalized spacial score (nSPS) is 33.8. The highest BCUT2D eigenvalue weighted by Crippen LogP contribution is 2.33. The van der Waals surface area contributed by atoms with Gasteiger partial charge in [0.15, 0.2) is 5.79 Å². The molecule has 2 aliphatic rings. The standard InChI is InChI=1S/C8H12O2.C2H6O/c1-8(2)9-6-4-3-5-7(6)10-8;1-2-3/h3-4,6-7H,5H2,1-2H3;3H,2H2,1H3. The van der Waals surface area contributed by atoms with Gasteiger partial charge in [-0.15, -0.1) is 0 Å². The van der Waals surface area contributed by atoms with E-state index in [1.54, 1.807) is 6.92 Å². The van der Waals surface area contributed by atoms with Gasteiger partial charge in [0, 0.05) is 6.61 Å². The summed E-state index contributed by atoms with van der Waals surface area (Å²) in [5.41, 5.74) is 0. The van der Waals surface area contributed by atoms with E-state index in [1.807, 2.05) is 13.8 Å². The average Bonchev–Trinajstić information content (AvgIpc) is 2.45. The molecule has 1 heterocycles. The zero-order chi connectivity index (χ0) is 9.90. The van der Waals surface area contributed by atoms with Crippen molar-refractivity contribution in [1.29, 1.82) is 0 Å². The van der Waals surface area contributed by atoms with Crippen LogP contribution in [0.3, 0.4) is 0 Å². The van der Waals surface area contributed by atoms with Crippen LogP contribution in [0.4, 0.5) is 0 Å². The van der Waals surface area contributed by atoms with Gasteiger partial charge in [-0.3, -0.25) is 0 Å². The summed E-state index contributed by atoms with van der Waals surface area (Å²) in [6.07, 6.45) is 5.71. The molecule has 0 aromatic rings. The first-order valence-electron chi connectivity index (χ1n) is 4.72. The van der Waals surface area contributed by atoms with Crippen LogP contribution in [-0.2, 0) is 9.47 Å². The Kier molecular flexibility index (Phi) is 3.47. The molecule has 13 heavy (non-hydrogen) atoms. The van der Waals surface area contributed by atoms with E-state index in [9.17, 15) is 0 Å². The molecule has 0 aromatic heterocycles. The lowest BCUT2D eigenvalue weighted by molar-refractivity contribution is -0.143. The van der Waals surface area contributed by atoms with Crippen molar-refractivity contribution in [2.24, 2.45) is 0 Å². The molecule has 76 valence electrons. The molecular formula is C10H18O3. The van der Waals surface area contributed by atoms with Gasteiger partial charge < -0.3 is 14.6 Å². The molecule has 0 saturated carbocycles. The molecule has 0 bridgehead atoms. The second kappa shape index (κ2) is 4.22. The zero-order valence-electron chi connectivity index (χ0n) is 8.49. The summed E-state index contributed by atoms with van der Waals surface area (Å²) in [5, 5.41) is 7.57. The first-order valence-corrected chi connectivity index (χ1v) is 4.72. The number of aliphatic hydroxyl groups excluding tert-OH is 1. The summed E-state index contributed by atoms with van der Waals surface area (Å²) in [5.74, 6) is -0.361. The minimum Gasteiger partial charge on any atom is -0.397 e. The molecule has 3 heteroatoms. The van der Waals surface area contributed by atoms with Gasteiger partial charge in [-0.25, -0.2) is 0 Å². The Morgan fingerprint density at radius 1 is 1.46 bits per heavy atom. The molecule has 0 amide bonds. The summed E-state index contributed by atoms with van der Waals surface area (Å²) in [7, 11) is 0. The van der Waals surface area contributed by atoms with E-state index in [0.717, 1.165) is 6.42 Å². The van der Waals surface area contributed by atoms with E-state index in [4.69, 9.17) is 14.6 Å². The van der Waals surface area contributed by atoms with Crippen LogP contribution in [0.15, 0.2) is 12.2 Å². The summed E-state index contributed by atoms with van der Waals surface area (Å²) in [6, 6.07) is 0. The van der Waals surface area contributed by atoms with E-state index in [1.165, 1.54) is 0 Å². The second-order valence-electron chi connectivity index (χ2n) is 3.62. The predicted octanol–water partition coefficient (Wildman–Crippen LogP) is 1.46. The Balaban J connectivity index is 0.000000251. The lowest BCUT2D eigenvalue weighted by atomic mass is 10.2. The Hall–Kier alpha value is -0.380. The first kappa shape index (κ1) is 10.7. The van der Waals surface area contributed by atoms with Crippen molar-refractivity contribution in [3.63, 3.8) is 0 Å². The molecule has 0 aromatic carbocycles. The summed E-state index contributed by atoms with van der Waals surface area (Å²) in [4.78, 5) is 0. The monoisotopic (exact) mass is 186 g/mol. The number of hydrogen-bond acceptors (Lipinski definition) is 3. The molecule has 1 N–H and O–H groups in total. The van der Waals surface area contributed by atoms with E-state index in [2.05, 4.69) is 12.2 Å². The van der Waals surface area contributed by atoms with Crippen LogP contribution in [-0.4, -0.2) is 29.7 Å². The van der Waals surface area contributed by atoms with E-state index in [-0.39, 0.29) is 24.6 Å². The number of hydrogen-bond donors (Lipinski definition) is 1. The second-order valence-corrected chi connectivity index (χ2v) is 3.62. The summed E-state index contributed by atoms with van der Waals surface area (Å²) < 4.78 is 11.2. The Bertz CT molecular complexity index is 187. The third-order valence-corrected chi connectivity index (χ3v) is 1.92. The van der Waals surface area contributed by atoms with Crippen molar-refractivity contribution in [2.75, 3.05) is 6.61 Å². The van der Waals surface area contributed by atoms with Crippen LogP contribution >= 0.6 is 0 Å². The highest BCUT2D eigenvalue weighted by molar-refractivity contribution is 5.07. The highest BCUT2D eigenvalue weighted by Gasteiger charge is 2.41. The van der Waals surface area contributed by atoms with E-state index in [0.29, 0.717) is 0 Å². The van der Waals surface area contributed by atoms with Gasteiger partial charge in [-0.05, 0) is 27.2 Å². The Labute approximate surface area is 79.3 Å². The largest absolute Gasteiger partial charge is 0.397 e. The fourth-order valence-electron chi connectivity index (χ4n) is 1.56. The molecule has 1 aliphatic heterocycles. The molecule has 0 radical (unpaired) electrons. The molecule has 2 rings (SSSR count). The number of fused-ring (bicyclic) bond motifs is 1. The summed E-state index contributed by atoms with van der Waals surface area (Å²) in [6.45, 7) is 5.85. The molecular weight excluding hydrogens is 168 g/mol. The third kappa shape index (κ3) is 2.79. The van der Waals surface area contributed by atoms with Crippen LogP contribution < -0.4 is 0 Å². The van der Waals surface area contributed by atoms with Crippen molar-refractivity contribution in [3.8, 4) is 0 Å². The molecule has 1 aliphatic carbocycles. The fraction of sp³-hybridized carbons (Fsp3) is 0.800. The number of ether oxygens (including phenoxy) is 2. The van der Waals surface area contributed by atoms with Crippen LogP contribution in [0.2, 0.25) is 0 Å². The molecule has 1 saturated heterocycles. The fourth-order valence-corrected chi connectivity index (χ4v) is 1.56. The van der Waals surface area contributed by atoms with Crippen molar-refractivity contribution in [1.82, 2.24) is 0 Å². The van der Waals surface area contributed by atoms with Crippen molar-refractivity contribution in [3.05, 3.63) is 12.2 Å².